The largest absolute Gasteiger partial charge is 0.477 e. The first-order chi connectivity index (χ1) is 6.94. The summed E-state index contributed by atoms with van der Waals surface area (Å²) in [4.78, 5) is 14.0. The summed E-state index contributed by atoms with van der Waals surface area (Å²) < 4.78 is 0. The third-order valence-electron chi connectivity index (χ3n) is 4.34. The van der Waals surface area contributed by atoms with Crippen molar-refractivity contribution in [1.82, 2.24) is 4.98 Å². The van der Waals surface area contributed by atoms with Gasteiger partial charge in [-0.2, -0.15) is 0 Å². The van der Waals surface area contributed by atoms with E-state index in [-0.39, 0.29) is 0 Å². The second kappa shape index (κ2) is 2.29. The molecular formula is C12H15NO2. The molecule has 3 rings (SSSR count). The van der Waals surface area contributed by atoms with Crippen LogP contribution in [0.2, 0.25) is 0 Å². The first-order valence-corrected chi connectivity index (χ1v) is 5.39. The number of H-pyrrole nitrogens is 1. The molecule has 80 valence electrons. The Morgan fingerprint density at radius 3 is 2.80 bits per heavy atom. The molecule has 2 N–H and O–H groups in total. The van der Waals surface area contributed by atoms with Crippen LogP contribution >= 0.6 is 0 Å². The topological polar surface area (TPSA) is 53.1 Å². The summed E-state index contributed by atoms with van der Waals surface area (Å²) in [5.74, 6) is 0.448. The van der Waals surface area contributed by atoms with Crippen molar-refractivity contribution < 1.29 is 9.90 Å². The Balaban J connectivity index is 2.14. The lowest BCUT2D eigenvalue weighted by Gasteiger charge is -2.08. The number of carboxylic acids is 1. The molecule has 0 amide bonds. The molecule has 1 saturated carbocycles. The van der Waals surface area contributed by atoms with Gasteiger partial charge in [-0.1, -0.05) is 13.8 Å². The molecule has 1 aromatic heterocycles. The maximum atomic E-state index is 11.0. The van der Waals surface area contributed by atoms with Crippen molar-refractivity contribution in [3.63, 3.8) is 0 Å². The monoisotopic (exact) mass is 205 g/mol. The van der Waals surface area contributed by atoms with Gasteiger partial charge < -0.3 is 10.1 Å². The van der Waals surface area contributed by atoms with Crippen LogP contribution in [-0.4, -0.2) is 16.1 Å². The number of carboxylic acid groups (broad SMARTS) is 1. The molecule has 0 aliphatic heterocycles. The van der Waals surface area contributed by atoms with E-state index < -0.39 is 5.97 Å². The second-order valence-electron chi connectivity index (χ2n) is 5.43. The van der Waals surface area contributed by atoms with Crippen LogP contribution in [0, 0.1) is 18.3 Å². The molecule has 1 fully saturated rings. The maximum absolute atomic E-state index is 11.0. The highest BCUT2D eigenvalue weighted by molar-refractivity contribution is 5.89. The van der Waals surface area contributed by atoms with Crippen molar-refractivity contribution in [2.24, 2.45) is 11.3 Å². The molecule has 15 heavy (non-hydrogen) atoms. The number of aryl methyl sites for hydroxylation is 1. The molecule has 2 aliphatic rings. The number of hydrogen-bond donors (Lipinski definition) is 2. The Kier molecular flexibility index (Phi) is 1.37. The summed E-state index contributed by atoms with van der Waals surface area (Å²) in [6.07, 6.45) is 0.943. The Morgan fingerprint density at radius 2 is 2.20 bits per heavy atom. The Bertz CT molecular complexity index is 470. The van der Waals surface area contributed by atoms with Gasteiger partial charge in [-0.15, -0.1) is 0 Å². The van der Waals surface area contributed by atoms with Crippen molar-refractivity contribution in [3.8, 4) is 0 Å². The Morgan fingerprint density at radius 1 is 1.53 bits per heavy atom. The summed E-state index contributed by atoms with van der Waals surface area (Å²) in [7, 11) is 0. The van der Waals surface area contributed by atoms with Crippen molar-refractivity contribution in [1.29, 1.82) is 0 Å². The number of hydrogen-bond acceptors (Lipinski definition) is 1. The molecule has 2 atom stereocenters. The molecule has 2 aliphatic carbocycles. The van der Waals surface area contributed by atoms with E-state index in [4.69, 9.17) is 5.11 Å². The van der Waals surface area contributed by atoms with E-state index >= 15 is 0 Å². The average Bonchev–Trinajstić information content (AvgIpc) is 2.54. The van der Waals surface area contributed by atoms with Crippen molar-refractivity contribution >= 4 is 5.97 Å². The summed E-state index contributed by atoms with van der Waals surface area (Å²) in [5, 5.41) is 9.06. The number of carbonyl (C=O) groups is 1. The molecular weight excluding hydrogens is 190 g/mol. The molecule has 3 heteroatoms. The van der Waals surface area contributed by atoms with Crippen molar-refractivity contribution in [2.75, 3.05) is 0 Å². The highest BCUT2D eigenvalue weighted by Crippen LogP contribution is 2.70. The van der Waals surface area contributed by atoms with Gasteiger partial charge in [0, 0.05) is 5.69 Å². The number of fused-ring (bicyclic) bond motifs is 3. The molecule has 1 aromatic rings. The highest BCUT2D eigenvalue weighted by Gasteiger charge is 2.63. The van der Waals surface area contributed by atoms with Crippen LogP contribution in [0.15, 0.2) is 0 Å². The number of aromatic nitrogens is 1. The van der Waals surface area contributed by atoms with E-state index in [1.54, 1.807) is 0 Å². The van der Waals surface area contributed by atoms with Gasteiger partial charge in [0.05, 0.1) is 0 Å². The zero-order chi connectivity index (χ0) is 11.0. The van der Waals surface area contributed by atoms with Crippen LogP contribution in [0.5, 0.6) is 0 Å². The van der Waals surface area contributed by atoms with Gasteiger partial charge in [-0.3, -0.25) is 0 Å². The van der Waals surface area contributed by atoms with Gasteiger partial charge in [0.25, 0.3) is 0 Å². The normalized spacial score (nSPS) is 29.8. The van der Waals surface area contributed by atoms with Gasteiger partial charge in [0.15, 0.2) is 0 Å². The van der Waals surface area contributed by atoms with Gasteiger partial charge in [0.1, 0.15) is 5.69 Å². The SMILES string of the molecule is Cc1[nH]c(C(=O)O)c2c1[C@H]1[C@@H](C2)C1(C)C. The standard InChI is InChI=1S/C12H15NO2/c1-5-8-6(10(13-5)11(14)15)4-7-9(8)12(7,2)3/h7,9,13H,4H2,1-3H3,(H,14,15)/t7-,9-/m1/s1. The summed E-state index contributed by atoms with van der Waals surface area (Å²) in [5.41, 5.74) is 4.22. The number of rotatable bonds is 1. The zero-order valence-corrected chi connectivity index (χ0v) is 9.22. The highest BCUT2D eigenvalue weighted by atomic mass is 16.4. The van der Waals surface area contributed by atoms with Crippen molar-refractivity contribution in [3.05, 3.63) is 22.5 Å². The minimum Gasteiger partial charge on any atom is -0.477 e. The van der Waals surface area contributed by atoms with Gasteiger partial charge >= 0.3 is 5.97 Å². The van der Waals surface area contributed by atoms with E-state index in [0.717, 1.165) is 17.7 Å². The number of aromatic amines is 1. The van der Waals surface area contributed by atoms with E-state index in [9.17, 15) is 4.79 Å². The third-order valence-corrected chi connectivity index (χ3v) is 4.34. The van der Waals surface area contributed by atoms with Crippen LogP contribution < -0.4 is 0 Å². The first-order valence-electron chi connectivity index (χ1n) is 5.39. The Hall–Kier alpha value is -1.25. The maximum Gasteiger partial charge on any atom is 0.352 e. The lowest BCUT2D eigenvalue weighted by Crippen LogP contribution is -2.04. The average molecular weight is 205 g/mol. The molecule has 0 saturated heterocycles. The molecule has 0 spiro atoms. The van der Waals surface area contributed by atoms with Crippen LogP contribution in [0.4, 0.5) is 0 Å². The molecule has 0 bridgehead atoms. The lowest BCUT2D eigenvalue weighted by atomic mass is 9.95. The molecule has 1 heterocycles. The lowest BCUT2D eigenvalue weighted by molar-refractivity contribution is 0.0689. The van der Waals surface area contributed by atoms with Crippen LogP contribution in [0.25, 0.3) is 0 Å². The van der Waals surface area contributed by atoms with Gasteiger partial charge in [0.2, 0.25) is 0 Å². The summed E-state index contributed by atoms with van der Waals surface area (Å²) >= 11 is 0. The zero-order valence-electron chi connectivity index (χ0n) is 9.22. The van der Waals surface area contributed by atoms with E-state index in [1.807, 2.05) is 6.92 Å². The molecule has 3 nitrogen and oxygen atoms in total. The van der Waals surface area contributed by atoms with Crippen LogP contribution in [0.3, 0.4) is 0 Å². The predicted octanol–water partition coefficient (Wildman–Crippen LogP) is 2.32. The second-order valence-corrected chi connectivity index (χ2v) is 5.43. The first kappa shape index (κ1) is 9.01. The van der Waals surface area contributed by atoms with Gasteiger partial charge in [-0.05, 0) is 41.7 Å². The van der Waals surface area contributed by atoms with Crippen LogP contribution in [-0.2, 0) is 6.42 Å². The molecule has 0 unspecified atom stereocenters. The third kappa shape index (κ3) is 0.887. The summed E-state index contributed by atoms with van der Waals surface area (Å²) in [6.45, 7) is 6.54. The fraction of sp³-hybridized carbons (Fsp3) is 0.583. The Labute approximate surface area is 88.5 Å². The van der Waals surface area contributed by atoms with E-state index in [0.29, 0.717) is 22.9 Å². The fourth-order valence-corrected chi connectivity index (χ4v) is 3.42. The van der Waals surface area contributed by atoms with Crippen molar-refractivity contribution in [2.45, 2.75) is 33.1 Å². The van der Waals surface area contributed by atoms with Gasteiger partial charge in [-0.25, -0.2) is 4.79 Å². The quantitative estimate of drug-likeness (QED) is 0.739. The van der Waals surface area contributed by atoms with E-state index in [1.165, 1.54) is 5.56 Å². The predicted molar refractivity (Wildman–Crippen MR) is 56.2 cm³/mol. The minimum atomic E-state index is -0.821. The summed E-state index contributed by atoms with van der Waals surface area (Å²) in [6, 6.07) is 0. The smallest absolute Gasteiger partial charge is 0.352 e. The minimum absolute atomic E-state index is 0.385. The van der Waals surface area contributed by atoms with Crippen LogP contribution in [0.1, 0.15) is 47.1 Å². The molecule has 0 radical (unpaired) electrons. The number of nitrogens with one attached hydrogen (secondary N) is 1. The number of aromatic carboxylic acids is 1. The molecule has 0 aromatic carbocycles. The van der Waals surface area contributed by atoms with E-state index in [2.05, 4.69) is 18.8 Å². The fourth-order valence-electron chi connectivity index (χ4n) is 3.42.